The summed E-state index contributed by atoms with van der Waals surface area (Å²) in [5.41, 5.74) is 1.54. The quantitative estimate of drug-likeness (QED) is 0.482. The molecule has 8 nitrogen and oxygen atoms in total. The van der Waals surface area contributed by atoms with Crippen molar-refractivity contribution in [2.45, 2.75) is 51.0 Å². The van der Waals surface area contributed by atoms with Crippen LogP contribution in [0.25, 0.3) is 0 Å². The molecule has 208 valence electrons. The van der Waals surface area contributed by atoms with E-state index in [2.05, 4.69) is 0 Å². The first-order chi connectivity index (χ1) is 19.2. The first-order valence-corrected chi connectivity index (χ1v) is 13.7. The van der Waals surface area contributed by atoms with Crippen LogP contribution in [0.5, 0.6) is 5.75 Å². The Morgan fingerprint density at radius 2 is 1.65 bits per heavy atom. The van der Waals surface area contributed by atoms with Gasteiger partial charge < -0.3 is 24.6 Å². The van der Waals surface area contributed by atoms with E-state index in [9.17, 15) is 19.8 Å². The number of para-hydroxylation sites is 3. The number of aliphatic hydroxyl groups is 2. The van der Waals surface area contributed by atoms with Crippen LogP contribution in [0.4, 0.5) is 17.1 Å². The molecule has 2 N–H and O–H groups in total. The number of hydrogen-bond acceptors (Lipinski definition) is 6. The highest BCUT2D eigenvalue weighted by Crippen LogP contribution is 2.57. The Morgan fingerprint density at radius 3 is 2.35 bits per heavy atom. The summed E-state index contributed by atoms with van der Waals surface area (Å²) in [6.45, 7) is 5.64. The molecule has 8 heteroatoms. The van der Waals surface area contributed by atoms with Gasteiger partial charge in [0.2, 0.25) is 0 Å². The van der Waals surface area contributed by atoms with Crippen LogP contribution < -0.4 is 14.5 Å². The number of ether oxygens (including phenoxy) is 2. The van der Waals surface area contributed by atoms with Crippen molar-refractivity contribution in [1.82, 2.24) is 0 Å². The van der Waals surface area contributed by atoms with E-state index in [0.717, 1.165) is 22.5 Å². The maximum Gasteiger partial charge on any atom is 0.269 e. The third-order valence-electron chi connectivity index (χ3n) is 8.55. The minimum atomic E-state index is -1.25. The average Bonchev–Trinajstić information content (AvgIpc) is 3.36. The van der Waals surface area contributed by atoms with E-state index in [1.54, 1.807) is 23.6 Å². The molecule has 0 unspecified atom stereocenters. The molecule has 4 atom stereocenters. The number of aliphatic hydroxyl groups excluding tert-OH is 1. The van der Waals surface area contributed by atoms with Gasteiger partial charge in [0, 0.05) is 29.7 Å². The molecule has 3 aromatic carbocycles. The Bertz CT molecular complexity index is 1450. The molecule has 6 rings (SSSR count). The van der Waals surface area contributed by atoms with Crippen molar-refractivity contribution in [1.29, 1.82) is 0 Å². The van der Waals surface area contributed by atoms with Gasteiger partial charge in [0.1, 0.15) is 5.75 Å². The number of hydrogen-bond donors (Lipinski definition) is 2. The number of carbonyl (C=O) groups excluding carboxylic acids is 2. The summed E-state index contributed by atoms with van der Waals surface area (Å²) in [6.07, 6.45) is -0.133. The first kappa shape index (κ1) is 26.5. The van der Waals surface area contributed by atoms with E-state index in [-0.39, 0.29) is 36.9 Å². The second-order valence-corrected chi connectivity index (χ2v) is 11.4. The molecule has 1 spiro atoms. The van der Waals surface area contributed by atoms with Crippen molar-refractivity contribution < 1.29 is 29.3 Å². The third kappa shape index (κ3) is 4.01. The number of carbonyl (C=O) groups is 2. The number of nitrogens with zero attached hydrogens (tertiary/aromatic N) is 2. The van der Waals surface area contributed by atoms with Crippen LogP contribution in [0, 0.1) is 11.8 Å². The van der Waals surface area contributed by atoms with Crippen LogP contribution in [0.3, 0.4) is 0 Å². The minimum absolute atomic E-state index is 0.0268. The maximum absolute atomic E-state index is 14.3. The van der Waals surface area contributed by atoms with Crippen molar-refractivity contribution in [3.63, 3.8) is 0 Å². The maximum atomic E-state index is 14.3. The Labute approximate surface area is 233 Å². The molecular weight excluding hydrogens is 508 g/mol. The summed E-state index contributed by atoms with van der Waals surface area (Å²) >= 11 is 0. The summed E-state index contributed by atoms with van der Waals surface area (Å²) in [5.74, 6) is -0.326. The molecule has 0 aromatic heterocycles. The molecule has 3 aliphatic heterocycles. The summed E-state index contributed by atoms with van der Waals surface area (Å²) in [4.78, 5) is 30.5. The van der Waals surface area contributed by atoms with Crippen molar-refractivity contribution in [2.75, 3.05) is 23.0 Å². The van der Waals surface area contributed by atoms with E-state index in [1.165, 1.54) is 0 Å². The minimum Gasteiger partial charge on any atom is -0.482 e. The number of fused-ring (bicyclic) bond motifs is 3. The number of amides is 2. The SMILES string of the molecule is C[C@H]1[C@H](C(C)(C)O)[C@@H](CCO)O[C@]12C(=O)N(Cc1ccc(N3C(=O)COc4ccccc43)cc1)c1ccccc12. The molecule has 1 fully saturated rings. The van der Waals surface area contributed by atoms with Gasteiger partial charge in [-0.3, -0.25) is 14.5 Å². The van der Waals surface area contributed by atoms with Gasteiger partial charge in [-0.05, 0) is 56.2 Å². The molecule has 3 aliphatic rings. The Morgan fingerprint density at radius 1 is 0.975 bits per heavy atom. The lowest BCUT2D eigenvalue weighted by Gasteiger charge is -2.34. The summed E-state index contributed by atoms with van der Waals surface area (Å²) < 4.78 is 12.2. The van der Waals surface area contributed by atoms with Gasteiger partial charge in [0.25, 0.3) is 11.8 Å². The average molecular weight is 543 g/mol. The highest BCUT2D eigenvalue weighted by atomic mass is 16.5. The van der Waals surface area contributed by atoms with E-state index in [0.29, 0.717) is 24.4 Å². The van der Waals surface area contributed by atoms with Crippen LogP contribution in [0.15, 0.2) is 72.8 Å². The molecule has 1 saturated heterocycles. The van der Waals surface area contributed by atoms with Gasteiger partial charge in [-0.1, -0.05) is 49.4 Å². The fourth-order valence-electron chi connectivity index (χ4n) is 6.90. The third-order valence-corrected chi connectivity index (χ3v) is 8.55. The number of rotatable bonds is 6. The van der Waals surface area contributed by atoms with Gasteiger partial charge in [-0.2, -0.15) is 0 Å². The molecule has 0 saturated carbocycles. The van der Waals surface area contributed by atoms with Crippen molar-refractivity contribution in [3.8, 4) is 5.75 Å². The zero-order chi connectivity index (χ0) is 28.2. The highest BCUT2D eigenvalue weighted by molar-refractivity contribution is 6.07. The van der Waals surface area contributed by atoms with Crippen LogP contribution in [0.1, 0.15) is 38.3 Å². The summed E-state index contributed by atoms with van der Waals surface area (Å²) in [5, 5.41) is 20.8. The smallest absolute Gasteiger partial charge is 0.269 e. The van der Waals surface area contributed by atoms with Gasteiger partial charge >= 0.3 is 0 Å². The van der Waals surface area contributed by atoms with Crippen LogP contribution >= 0.6 is 0 Å². The van der Waals surface area contributed by atoms with E-state index >= 15 is 0 Å². The van der Waals surface area contributed by atoms with Crippen molar-refractivity contribution in [2.24, 2.45) is 11.8 Å². The van der Waals surface area contributed by atoms with Gasteiger partial charge in [-0.15, -0.1) is 0 Å². The molecule has 2 amide bonds. The number of anilines is 3. The molecule has 3 aromatic rings. The van der Waals surface area contributed by atoms with Crippen LogP contribution in [0.2, 0.25) is 0 Å². The van der Waals surface area contributed by atoms with E-state index in [4.69, 9.17) is 9.47 Å². The normalized spacial score (nSPS) is 25.8. The molecule has 3 heterocycles. The van der Waals surface area contributed by atoms with Crippen LogP contribution in [-0.4, -0.2) is 46.9 Å². The summed E-state index contributed by atoms with van der Waals surface area (Å²) in [7, 11) is 0. The zero-order valence-electron chi connectivity index (χ0n) is 22.9. The largest absolute Gasteiger partial charge is 0.482 e. The molecular formula is C32H34N2O6. The fourth-order valence-corrected chi connectivity index (χ4v) is 6.90. The van der Waals surface area contributed by atoms with E-state index in [1.807, 2.05) is 79.7 Å². The molecule has 0 aliphatic carbocycles. The second-order valence-electron chi connectivity index (χ2n) is 11.4. The first-order valence-electron chi connectivity index (χ1n) is 13.7. The topological polar surface area (TPSA) is 99.5 Å². The standard InChI is InChI=1S/C32H34N2O6/c1-20-29(31(2,3)38)27(16-17-35)40-32(20)23-8-4-5-9-24(23)33(30(32)37)18-21-12-14-22(15-13-21)34-25-10-6-7-11-26(25)39-19-28(34)36/h4-15,20,27,29,35,38H,16-19H2,1-3H3/t20-,27+,29-,32+/m0/s1. The van der Waals surface area contributed by atoms with Gasteiger partial charge in [0.05, 0.1) is 29.6 Å². The molecule has 40 heavy (non-hydrogen) atoms. The Balaban J connectivity index is 1.32. The zero-order valence-corrected chi connectivity index (χ0v) is 22.9. The summed E-state index contributed by atoms with van der Waals surface area (Å²) in [6, 6.07) is 22.7. The molecule has 0 radical (unpaired) electrons. The van der Waals surface area contributed by atoms with Crippen molar-refractivity contribution >= 4 is 28.9 Å². The molecule has 0 bridgehead atoms. The van der Waals surface area contributed by atoms with Crippen LogP contribution in [-0.2, 0) is 26.5 Å². The van der Waals surface area contributed by atoms with Crippen molar-refractivity contribution in [3.05, 3.63) is 83.9 Å². The number of benzene rings is 3. The Kier molecular flexibility index (Phi) is 6.45. The monoisotopic (exact) mass is 542 g/mol. The van der Waals surface area contributed by atoms with Gasteiger partial charge in [0.15, 0.2) is 12.2 Å². The van der Waals surface area contributed by atoms with E-state index < -0.39 is 17.3 Å². The fraction of sp³-hybridized carbons (Fsp3) is 0.375. The lowest BCUT2D eigenvalue weighted by molar-refractivity contribution is -0.146. The predicted molar refractivity (Wildman–Crippen MR) is 150 cm³/mol. The van der Waals surface area contributed by atoms with Gasteiger partial charge in [-0.25, -0.2) is 0 Å². The Hall–Kier alpha value is -3.72. The second kappa shape index (κ2) is 9.73. The predicted octanol–water partition coefficient (Wildman–Crippen LogP) is 4.29. The highest BCUT2D eigenvalue weighted by Gasteiger charge is 2.65. The lowest BCUT2D eigenvalue weighted by atomic mass is 9.71. The lowest BCUT2D eigenvalue weighted by Crippen LogP contribution is -2.46.